The zero-order chi connectivity index (χ0) is 9.42. The van der Waals surface area contributed by atoms with Crippen molar-refractivity contribution in [3.05, 3.63) is 32.8 Å². The van der Waals surface area contributed by atoms with Crippen molar-refractivity contribution in [1.82, 2.24) is 10.2 Å². The van der Waals surface area contributed by atoms with Gasteiger partial charge in [0.05, 0.1) is 0 Å². The van der Waals surface area contributed by atoms with E-state index in [0.29, 0.717) is 10.9 Å². The molecule has 0 fully saturated rings. The number of para-hydroxylation sites is 1. The third-order valence-electron chi connectivity index (χ3n) is 1.70. The van der Waals surface area contributed by atoms with E-state index in [0.717, 1.165) is 4.47 Å². The molecule has 0 atom stereocenters. The summed E-state index contributed by atoms with van der Waals surface area (Å²) in [5.74, 6) is -0.0729. The molecule has 1 heterocycles. The van der Waals surface area contributed by atoms with Gasteiger partial charge in [-0.25, -0.2) is 0 Å². The van der Waals surface area contributed by atoms with Crippen molar-refractivity contribution in [2.24, 2.45) is 0 Å². The Hall–Kier alpha value is -1.43. The van der Waals surface area contributed by atoms with Crippen molar-refractivity contribution in [3.63, 3.8) is 0 Å². The summed E-state index contributed by atoms with van der Waals surface area (Å²) < 4.78 is 0.745. The smallest absolute Gasteiger partial charge is 0.350 e. The van der Waals surface area contributed by atoms with Crippen molar-refractivity contribution >= 4 is 32.7 Å². The predicted molar refractivity (Wildman–Crippen MR) is 50.4 cm³/mol. The van der Waals surface area contributed by atoms with Gasteiger partial charge in [-0.05, 0) is 33.0 Å². The van der Waals surface area contributed by atoms with Crippen molar-refractivity contribution < 1.29 is 4.92 Å². The average molecular weight is 242 g/mol. The van der Waals surface area contributed by atoms with Crippen LogP contribution in [0.15, 0.2) is 22.7 Å². The molecule has 0 aliphatic heterocycles. The highest BCUT2D eigenvalue weighted by Gasteiger charge is 2.15. The lowest BCUT2D eigenvalue weighted by atomic mass is 10.2. The molecule has 0 bridgehead atoms. The van der Waals surface area contributed by atoms with Crippen LogP contribution in [0.4, 0.5) is 5.82 Å². The van der Waals surface area contributed by atoms with Crippen LogP contribution in [0, 0.1) is 10.1 Å². The van der Waals surface area contributed by atoms with E-state index in [1.54, 1.807) is 18.2 Å². The van der Waals surface area contributed by atoms with Crippen LogP contribution in [0.5, 0.6) is 0 Å². The number of rotatable bonds is 1. The van der Waals surface area contributed by atoms with E-state index >= 15 is 0 Å². The Labute approximate surface area is 81.0 Å². The highest BCUT2D eigenvalue weighted by atomic mass is 79.9. The number of fused-ring (bicyclic) bond motifs is 1. The molecule has 0 amide bonds. The van der Waals surface area contributed by atoms with Gasteiger partial charge < -0.3 is 10.1 Å². The maximum atomic E-state index is 10.5. The first-order chi connectivity index (χ1) is 6.20. The SMILES string of the molecule is O=[N+]([O-])c1[nH]nc2c(Br)cccc12. The lowest BCUT2D eigenvalue weighted by Crippen LogP contribution is -1.87. The molecule has 0 aliphatic carbocycles. The number of hydrogen-bond donors (Lipinski definition) is 1. The summed E-state index contributed by atoms with van der Waals surface area (Å²) in [5, 5.41) is 17.2. The van der Waals surface area contributed by atoms with Crippen LogP contribution in [-0.4, -0.2) is 15.1 Å². The number of nitrogens with zero attached hydrogens (tertiary/aromatic N) is 2. The van der Waals surface area contributed by atoms with Crippen LogP contribution in [0.25, 0.3) is 10.9 Å². The predicted octanol–water partition coefficient (Wildman–Crippen LogP) is 2.23. The number of aromatic amines is 1. The fourth-order valence-electron chi connectivity index (χ4n) is 1.13. The van der Waals surface area contributed by atoms with E-state index in [9.17, 15) is 10.1 Å². The molecule has 0 spiro atoms. The van der Waals surface area contributed by atoms with Crippen molar-refractivity contribution in [3.8, 4) is 0 Å². The molecule has 1 aromatic carbocycles. The molecule has 66 valence electrons. The van der Waals surface area contributed by atoms with E-state index in [-0.39, 0.29) is 5.82 Å². The zero-order valence-corrected chi connectivity index (χ0v) is 7.91. The molecule has 0 aliphatic rings. The Morgan fingerprint density at radius 3 is 3.00 bits per heavy atom. The topological polar surface area (TPSA) is 71.8 Å². The molecule has 0 unspecified atom stereocenters. The number of H-pyrrole nitrogens is 1. The molecule has 0 radical (unpaired) electrons. The summed E-state index contributed by atoms with van der Waals surface area (Å²) in [6, 6.07) is 5.17. The summed E-state index contributed by atoms with van der Waals surface area (Å²) in [5.41, 5.74) is 0.578. The first-order valence-corrected chi connectivity index (χ1v) is 4.26. The number of hydrogen-bond acceptors (Lipinski definition) is 3. The summed E-state index contributed by atoms with van der Waals surface area (Å²) in [6.07, 6.45) is 0. The standard InChI is InChI=1S/C7H4BrN3O2/c8-5-3-1-2-4-6(5)9-10-7(4)11(12)13/h1-3H,(H,9,10). The highest BCUT2D eigenvalue weighted by molar-refractivity contribution is 9.10. The molecular weight excluding hydrogens is 238 g/mol. The second-order valence-electron chi connectivity index (χ2n) is 2.47. The van der Waals surface area contributed by atoms with E-state index in [4.69, 9.17) is 0 Å². The molecule has 0 saturated heterocycles. The molecule has 2 rings (SSSR count). The molecule has 0 saturated carbocycles. The normalized spacial score (nSPS) is 10.5. The Morgan fingerprint density at radius 2 is 2.31 bits per heavy atom. The number of nitro groups is 1. The summed E-state index contributed by atoms with van der Waals surface area (Å²) in [7, 11) is 0. The van der Waals surface area contributed by atoms with Crippen LogP contribution in [-0.2, 0) is 0 Å². The number of benzene rings is 1. The lowest BCUT2D eigenvalue weighted by Gasteiger charge is -1.90. The quantitative estimate of drug-likeness (QED) is 0.615. The summed E-state index contributed by atoms with van der Waals surface area (Å²) >= 11 is 3.25. The second kappa shape index (κ2) is 2.81. The minimum Gasteiger partial charge on any atom is -0.358 e. The minimum atomic E-state index is -0.484. The molecular formula is C7H4BrN3O2. The molecule has 1 N–H and O–H groups in total. The molecule has 13 heavy (non-hydrogen) atoms. The third kappa shape index (κ3) is 1.19. The summed E-state index contributed by atoms with van der Waals surface area (Å²) in [4.78, 5) is 10.0. The van der Waals surface area contributed by atoms with Gasteiger partial charge in [-0.15, -0.1) is 5.10 Å². The van der Waals surface area contributed by atoms with Crippen LogP contribution in [0.1, 0.15) is 0 Å². The number of nitrogens with one attached hydrogen (secondary N) is 1. The van der Waals surface area contributed by atoms with Gasteiger partial charge in [0.2, 0.25) is 0 Å². The van der Waals surface area contributed by atoms with Gasteiger partial charge in [-0.3, -0.25) is 0 Å². The number of halogens is 1. The largest absolute Gasteiger partial charge is 0.358 e. The first-order valence-electron chi connectivity index (χ1n) is 3.47. The van der Waals surface area contributed by atoms with Crippen LogP contribution in [0.2, 0.25) is 0 Å². The van der Waals surface area contributed by atoms with Crippen LogP contribution >= 0.6 is 15.9 Å². The Kier molecular flexibility index (Phi) is 1.77. The molecule has 1 aromatic heterocycles. The molecule has 5 nitrogen and oxygen atoms in total. The van der Waals surface area contributed by atoms with E-state index < -0.39 is 4.92 Å². The van der Waals surface area contributed by atoms with Crippen LogP contribution < -0.4 is 0 Å². The molecule has 6 heteroatoms. The van der Waals surface area contributed by atoms with Crippen molar-refractivity contribution in [2.45, 2.75) is 0 Å². The molecule has 2 aromatic rings. The van der Waals surface area contributed by atoms with Gasteiger partial charge in [-0.2, -0.15) is 0 Å². The second-order valence-corrected chi connectivity index (χ2v) is 3.32. The first kappa shape index (κ1) is 8.18. The maximum Gasteiger partial charge on any atom is 0.350 e. The van der Waals surface area contributed by atoms with Crippen molar-refractivity contribution in [2.75, 3.05) is 0 Å². The van der Waals surface area contributed by atoms with E-state index in [1.807, 2.05) is 0 Å². The maximum absolute atomic E-state index is 10.5. The Bertz CT molecular complexity index is 480. The van der Waals surface area contributed by atoms with Crippen molar-refractivity contribution in [1.29, 1.82) is 0 Å². The van der Waals surface area contributed by atoms with Gasteiger partial charge >= 0.3 is 5.82 Å². The number of aromatic nitrogens is 2. The van der Waals surface area contributed by atoms with Gasteiger partial charge in [0.1, 0.15) is 10.9 Å². The van der Waals surface area contributed by atoms with E-state index in [2.05, 4.69) is 26.1 Å². The fourth-order valence-corrected chi connectivity index (χ4v) is 1.58. The van der Waals surface area contributed by atoms with Gasteiger partial charge in [0, 0.05) is 4.47 Å². The van der Waals surface area contributed by atoms with Gasteiger partial charge in [0.15, 0.2) is 0 Å². The van der Waals surface area contributed by atoms with Crippen LogP contribution in [0.3, 0.4) is 0 Å². The monoisotopic (exact) mass is 241 g/mol. The Balaban J connectivity index is 2.83. The van der Waals surface area contributed by atoms with Gasteiger partial charge in [0.25, 0.3) is 0 Å². The fraction of sp³-hybridized carbons (Fsp3) is 0. The Morgan fingerprint density at radius 1 is 1.54 bits per heavy atom. The van der Waals surface area contributed by atoms with Gasteiger partial charge in [-0.1, -0.05) is 11.2 Å². The lowest BCUT2D eigenvalue weighted by molar-refractivity contribution is -0.387. The average Bonchev–Trinajstić information content (AvgIpc) is 2.48. The zero-order valence-electron chi connectivity index (χ0n) is 6.32. The minimum absolute atomic E-state index is 0.0729. The highest BCUT2D eigenvalue weighted by Crippen LogP contribution is 2.27. The van der Waals surface area contributed by atoms with E-state index in [1.165, 1.54) is 0 Å². The third-order valence-corrected chi connectivity index (χ3v) is 2.34. The summed E-state index contributed by atoms with van der Waals surface area (Å²) in [6.45, 7) is 0.